The first-order valence-corrected chi connectivity index (χ1v) is 8.09. The van der Waals surface area contributed by atoms with Gasteiger partial charge in [0.1, 0.15) is 5.75 Å². The Labute approximate surface area is 135 Å². The van der Waals surface area contributed by atoms with Gasteiger partial charge in [-0.3, -0.25) is 4.79 Å². The van der Waals surface area contributed by atoms with E-state index >= 15 is 0 Å². The van der Waals surface area contributed by atoms with E-state index in [4.69, 9.17) is 4.74 Å². The molecular weight excluding hydrogens is 334 g/mol. The molecule has 5 heteroatoms. The van der Waals surface area contributed by atoms with Crippen molar-refractivity contribution in [3.8, 4) is 5.75 Å². The number of nitrogens with one attached hydrogen (secondary N) is 1. The third-order valence-corrected chi connectivity index (χ3v) is 3.70. The highest BCUT2D eigenvalue weighted by atomic mass is 79.9. The van der Waals surface area contributed by atoms with Crippen molar-refractivity contribution in [2.75, 3.05) is 0 Å². The average molecular weight is 358 g/mol. The van der Waals surface area contributed by atoms with Crippen molar-refractivity contribution >= 4 is 21.8 Å². The smallest absolute Gasteiger partial charge is 0.260 e. The number of ether oxygens (including phenoxy) is 1. The molecule has 1 aromatic carbocycles. The van der Waals surface area contributed by atoms with Crippen LogP contribution in [-0.4, -0.2) is 23.2 Å². The lowest BCUT2D eigenvalue weighted by Gasteiger charge is -2.20. The molecule has 21 heavy (non-hydrogen) atoms. The monoisotopic (exact) mass is 357 g/mol. The van der Waals surface area contributed by atoms with Gasteiger partial charge >= 0.3 is 0 Å². The van der Waals surface area contributed by atoms with E-state index in [1.165, 1.54) is 0 Å². The zero-order valence-electron chi connectivity index (χ0n) is 13.0. The molecule has 0 radical (unpaired) electrons. The molecule has 0 bridgehead atoms. The Morgan fingerprint density at radius 2 is 2.05 bits per heavy atom. The van der Waals surface area contributed by atoms with Crippen molar-refractivity contribution in [3.05, 3.63) is 28.2 Å². The number of hydrogen-bond donors (Lipinski definition) is 2. The van der Waals surface area contributed by atoms with Gasteiger partial charge in [-0.2, -0.15) is 0 Å². The molecule has 1 rings (SSSR count). The first-order valence-electron chi connectivity index (χ1n) is 7.29. The second-order valence-electron chi connectivity index (χ2n) is 5.32. The van der Waals surface area contributed by atoms with Crippen LogP contribution < -0.4 is 10.1 Å². The van der Waals surface area contributed by atoms with Gasteiger partial charge in [0.15, 0.2) is 6.10 Å². The van der Waals surface area contributed by atoms with Crippen LogP contribution in [0, 0.1) is 0 Å². The summed E-state index contributed by atoms with van der Waals surface area (Å²) in [5.74, 6) is 0.384. The number of rotatable bonds is 7. The molecule has 1 amide bonds. The van der Waals surface area contributed by atoms with Crippen molar-refractivity contribution < 1.29 is 14.6 Å². The molecule has 4 nitrogen and oxygen atoms in total. The van der Waals surface area contributed by atoms with Gasteiger partial charge in [0.05, 0.1) is 6.10 Å². The summed E-state index contributed by atoms with van der Waals surface area (Å²) >= 11 is 3.36. The standard InChI is InChI=1S/C16H24BrNO3/c1-5-6-10(2)18-16(20)12(4)21-15-8-7-13(17)9-14(15)11(3)19/h7-12,19H,5-6H2,1-4H3,(H,18,20)/t10?,11-,12?/m1/s1. The number of aliphatic hydroxyl groups is 1. The summed E-state index contributed by atoms with van der Waals surface area (Å²) in [6.07, 6.45) is 0.695. The predicted octanol–water partition coefficient (Wildman–Crippen LogP) is 3.57. The normalized spacial score (nSPS) is 15.1. The first kappa shape index (κ1) is 18.0. The van der Waals surface area contributed by atoms with Crippen LogP contribution in [0.2, 0.25) is 0 Å². The summed E-state index contributed by atoms with van der Waals surface area (Å²) < 4.78 is 6.57. The molecule has 2 unspecified atom stereocenters. The summed E-state index contributed by atoms with van der Waals surface area (Å²) in [6, 6.07) is 5.51. The van der Waals surface area contributed by atoms with Crippen LogP contribution in [0.4, 0.5) is 0 Å². The van der Waals surface area contributed by atoms with E-state index in [9.17, 15) is 9.90 Å². The van der Waals surface area contributed by atoms with Gasteiger partial charge in [-0.25, -0.2) is 0 Å². The fourth-order valence-electron chi connectivity index (χ4n) is 2.06. The van der Waals surface area contributed by atoms with E-state index in [-0.39, 0.29) is 11.9 Å². The molecule has 0 aliphatic rings. The molecule has 2 N–H and O–H groups in total. The third kappa shape index (κ3) is 5.67. The van der Waals surface area contributed by atoms with Crippen molar-refractivity contribution in [1.82, 2.24) is 5.32 Å². The largest absolute Gasteiger partial charge is 0.481 e. The summed E-state index contributed by atoms with van der Waals surface area (Å²) in [5.41, 5.74) is 0.658. The SMILES string of the molecule is CCCC(C)NC(=O)C(C)Oc1ccc(Br)cc1[C@@H](C)O. The molecule has 118 valence electrons. The van der Waals surface area contributed by atoms with Gasteiger partial charge in [-0.05, 0) is 45.4 Å². The van der Waals surface area contributed by atoms with E-state index in [1.807, 2.05) is 13.0 Å². The van der Waals surface area contributed by atoms with E-state index in [2.05, 4.69) is 28.2 Å². The summed E-state index contributed by atoms with van der Waals surface area (Å²) in [5, 5.41) is 12.7. The molecular formula is C16H24BrNO3. The molecule has 0 saturated carbocycles. The van der Waals surface area contributed by atoms with Gasteiger partial charge < -0.3 is 15.2 Å². The summed E-state index contributed by atoms with van der Waals surface area (Å²) in [6.45, 7) is 7.44. The van der Waals surface area contributed by atoms with Crippen LogP contribution in [0.25, 0.3) is 0 Å². The molecule has 0 heterocycles. The topological polar surface area (TPSA) is 58.6 Å². The third-order valence-electron chi connectivity index (χ3n) is 3.21. The Hall–Kier alpha value is -1.07. The number of aliphatic hydroxyl groups excluding tert-OH is 1. The maximum Gasteiger partial charge on any atom is 0.260 e. The van der Waals surface area contributed by atoms with Gasteiger partial charge in [0.25, 0.3) is 5.91 Å². The minimum Gasteiger partial charge on any atom is -0.481 e. The maximum atomic E-state index is 12.1. The average Bonchev–Trinajstić information content (AvgIpc) is 2.40. The second-order valence-corrected chi connectivity index (χ2v) is 6.23. The molecule has 1 aromatic rings. The predicted molar refractivity (Wildman–Crippen MR) is 87.4 cm³/mol. The highest BCUT2D eigenvalue weighted by Crippen LogP contribution is 2.29. The van der Waals surface area contributed by atoms with E-state index in [0.717, 1.165) is 17.3 Å². The molecule has 0 aliphatic carbocycles. The number of hydrogen-bond acceptors (Lipinski definition) is 3. The highest BCUT2D eigenvalue weighted by molar-refractivity contribution is 9.10. The lowest BCUT2D eigenvalue weighted by molar-refractivity contribution is -0.128. The highest BCUT2D eigenvalue weighted by Gasteiger charge is 2.19. The van der Waals surface area contributed by atoms with Crippen LogP contribution in [-0.2, 0) is 4.79 Å². The Morgan fingerprint density at radius 3 is 2.62 bits per heavy atom. The van der Waals surface area contributed by atoms with Crippen molar-refractivity contribution in [3.63, 3.8) is 0 Å². The number of halogens is 1. The van der Waals surface area contributed by atoms with Crippen LogP contribution in [0.5, 0.6) is 5.75 Å². The van der Waals surface area contributed by atoms with Crippen molar-refractivity contribution in [1.29, 1.82) is 0 Å². The minimum absolute atomic E-state index is 0.134. The van der Waals surface area contributed by atoms with Gasteiger partial charge in [0, 0.05) is 16.1 Å². The molecule has 0 saturated heterocycles. The number of carbonyl (C=O) groups excluding carboxylic acids is 1. The minimum atomic E-state index is -0.660. The van der Waals surface area contributed by atoms with Crippen LogP contribution >= 0.6 is 15.9 Å². The fourth-order valence-corrected chi connectivity index (χ4v) is 2.44. The van der Waals surface area contributed by atoms with E-state index in [0.29, 0.717) is 11.3 Å². The number of carbonyl (C=O) groups is 1. The molecule has 3 atom stereocenters. The number of amides is 1. The maximum absolute atomic E-state index is 12.1. The van der Waals surface area contributed by atoms with E-state index in [1.54, 1.807) is 26.0 Å². The Bertz CT molecular complexity index is 477. The van der Waals surface area contributed by atoms with Gasteiger partial charge in [-0.15, -0.1) is 0 Å². The van der Waals surface area contributed by atoms with Crippen LogP contribution in [0.1, 0.15) is 52.2 Å². The molecule has 0 spiro atoms. The molecule has 0 aromatic heterocycles. The van der Waals surface area contributed by atoms with Gasteiger partial charge in [0.2, 0.25) is 0 Å². The molecule has 0 aliphatic heterocycles. The Kier molecular flexibility index (Phi) is 7.18. The zero-order valence-corrected chi connectivity index (χ0v) is 14.6. The summed E-state index contributed by atoms with van der Waals surface area (Å²) in [4.78, 5) is 12.1. The quantitative estimate of drug-likeness (QED) is 0.783. The zero-order chi connectivity index (χ0) is 16.0. The molecule has 0 fully saturated rings. The summed E-state index contributed by atoms with van der Waals surface area (Å²) in [7, 11) is 0. The fraction of sp³-hybridized carbons (Fsp3) is 0.562. The van der Waals surface area contributed by atoms with Crippen LogP contribution in [0.3, 0.4) is 0 Å². The Morgan fingerprint density at radius 1 is 1.38 bits per heavy atom. The second kappa shape index (κ2) is 8.39. The van der Waals surface area contributed by atoms with Crippen molar-refractivity contribution in [2.24, 2.45) is 0 Å². The van der Waals surface area contributed by atoms with Crippen LogP contribution in [0.15, 0.2) is 22.7 Å². The van der Waals surface area contributed by atoms with E-state index < -0.39 is 12.2 Å². The lowest BCUT2D eigenvalue weighted by atomic mass is 10.1. The van der Waals surface area contributed by atoms with Crippen molar-refractivity contribution in [2.45, 2.75) is 58.8 Å². The lowest BCUT2D eigenvalue weighted by Crippen LogP contribution is -2.41. The number of benzene rings is 1. The Balaban J connectivity index is 2.74. The van der Waals surface area contributed by atoms with Gasteiger partial charge in [-0.1, -0.05) is 29.3 Å². The first-order chi connectivity index (χ1) is 9.85.